The van der Waals surface area contributed by atoms with E-state index in [-0.39, 0.29) is 11.4 Å². The average molecular weight is 432 g/mol. The van der Waals surface area contributed by atoms with Crippen LogP contribution in [0, 0.1) is 17.1 Å². The van der Waals surface area contributed by atoms with E-state index in [2.05, 4.69) is 10.4 Å². The average Bonchev–Trinajstić information content (AvgIpc) is 3.46. The minimum Gasteiger partial charge on any atom is -0.455 e. The highest BCUT2D eigenvalue weighted by Gasteiger charge is 2.44. The number of carbonyl (C=O) groups is 2. The standard InChI is InChI=1S/C24H21FN4O3/c25-19-8-6-7-18(13-19)24(11-4-5-12-24)23(31)32-16-21(30)28-22-17(14-26)15-27-29(22)20-9-2-1-3-10-20/h1-3,6-10,13,15H,4-5,11-12,16H2,(H,28,30). The van der Waals surface area contributed by atoms with Gasteiger partial charge in [-0.3, -0.25) is 9.59 Å². The van der Waals surface area contributed by atoms with Crippen LogP contribution in [0.3, 0.4) is 0 Å². The summed E-state index contributed by atoms with van der Waals surface area (Å²) in [7, 11) is 0. The van der Waals surface area contributed by atoms with Crippen molar-refractivity contribution in [3.63, 3.8) is 0 Å². The largest absolute Gasteiger partial charge is 0.455 e. The van der Waals surface area contributed by atoms with Crippen LogP contribution in [0.2, 0.25) is 0 Å². The van der Waals surface area contributed by atoms with Crippen molar-refractivity contribution in [2.75, 3.05) is 11.9 Å². The van der Waals surface area contributed by atoms with Gasteiger partial charge in [0.15, 0.2) is 12.4 Å². The number of halogens is 1. The summed E-state index contributed by atoms with van der Waals surface area (Å²) < 4.78 is 20.6. The Morgan fingerprint density at radius 2 is 1.91 bits per heavy atom. The van der Waals surface area contributed by atoms with Crippen molar-refractivity contribution in [1.82, 2.24) is 9.78 Å². The summed E-state index contributed by atoms with van der Waals surface area (Å²) in [6.07, 6.45) is 4.07. The number of benzene rings is 2. The lowest BCUT2D eigenvalue weighted by molar-refractivity contribution is -0.153. The molecule has 7 nitrogen and oxygen atoms in total. The fourth-order valence-corrected chi connectivity index (χ4v) is 4.13. The number of rotatable bonds is 6. The number of ether oxygens (including phenoxy) is 1. The van der Waals surface area contributed by atoms with Crippen molar-refractivity contribution in [3.05, 3.63) is 77.7 Å². The predicted molar refractivity (Wildman–Crippen MR) is 114 cm³/mol. The third-order valence-electron chi connectivity index (χ3n) is 5.71. The van der Waals surface area contributed by atoms with Crippen molar-refractivity contribution in [1.29, 1.82) is 5.26 Å². The van der Waals surface area contributed by atoms with E-state index in [4.69, 9.17) is 4.74 Å². The molecule has 1 aliphatic rings. The maximum absolute atomic E-state index is 13.8. The van der Waals surface area contributed by atoms with Crippen LogP contribution in [-0.4, -0.2) is 28.3 Å². The first-order valence-electron chi connectivity index (χ1n) is 10.3. The Labute approximate surface area is 184 Å². The second-order valence-corrected chi connectivity index (χ2v) is 7.69. The van der Waals surface area contributed by atoms with Crippen LogP contribution in [0.5, 0.6) is 0 Å². The molecule has 0 unspecified atom stereocenters. The van der Waals surface area contributed by atoms with Gasteiger partial charge < -0.3 is 10.1 Å². The van der Waals surface area contributed by atoms with Crippen LogP contribution in [-0.2, 0) is 19.7 Å². The molecule has 162 valence electrons. The van der Waals surface area contributed by atoms with Crippen molar-refractivity contribution in [3.8, 4) is 11.8 Å². The van der Waals surface area contributed by atoms with Gasteiger partial charge >= 0.3 is 5.97 Å². The number of amides is 1. The number of esters is 1. The summed E-state index contributed by atoms with van der Waals surface area (Å²) in [6.45, 7) is -0.527. The number of hydrogen-bond acceptors (Lipinski definition) is 5. The Morgan fingerprint density at radius 1 is 1.16 bits per heavy atom. The molecule has 0 aliphatic heterocycles. The third kappa shape index (κ3) is 4.10. The zero-order valence-corrected chi connectivity index (χ0v) is 17.3. The molecule has 1 saturated carbocycles. The predicted octanol–water partition coefficient (Wildman–Crippen LogP) is 3.88. The van der Waals surface area contributed by atoms with E-state index in [0.29, 0.717) is 24.1 Å². The summed E-state index contributed by atoms with van der Waals surface area (Å²) in [6, 6.07) is 17.0. The summed E-state index contributed by atoms with van der Waals surface area (Å²) in [4.78, 5) is 25.6. The van der Waals surface area contributed by atoms with E-state index in [1.54, 1.807) is 24.3 Å². The molecule has 1 heterocycles. The zero-order valence-electron chi connectivity index (χ0n) is 17.3. The van der Waals surface area contributed by atoms with Gasteiger partial charge in [-0.15, -0.1) is 0 Å². The van der Waals surface area contributed by atoms with Gasteiger partial charge in [-0.2, -0.15) is 10.4 Å². The highest BCUT2D eigenvalue weighted by atomic mass is 19.1. The van der Waals surface area contributed by atoms with Crippen molar-refractivity contribution in [2.45, 2.75) is 31.1 Å². The van der Waals surface area contributed by atoms with E-state index in [1.165, 1.54) is 23.0 Å². The molecule has 0 spiro atoms. The molecule has 8 heteroatoms. The minimum atomic E-state index is -0.952. The Kier molecular flexibility index (Phi) is 5.99. The maximum atomic E-state index is 13.8. The second kappa shape index (κ2) is 9.02. The molecular weight excluding hydrogens is 411 g/mol. The first-order chi connectivity index (χ1) is 15.5. The van der Waals surface area contributed by atoms with E-state index in [1.807, 2.05) is 24.3 Å². The van der Waals surface area contributed by atoms with Crippen LogP contribution >= 0.6 is 0 Å². The number of aromatic nitrogens is 2. The zero-order chi connectivity index (χ0) is 22.6. The SMILES string of the molecule is N#Cc1cnn(-c2ccccc2)c1NC(=O)COC(=O)C1(c2cccc(F)c2)CCCC1. The van der Waals surface area contributed by atoms with Crippen LogP contribution < -0.4 is 5.32 Å². The lowest BCUT2D eigenvalue weighted by atomic mass is 9.79. The molecule has 1 aromatic heterocycles. The van der Waals surface area contributed by atoms with Gasteiger partial charge in [0.1, 0.15) is 17.4 Å². The number of carbonyl (C=O) groups excluding carboxylic acids is 2. The van der Waals surface area contributed by atoms with Crippen LogP contribution in [0.4, 0.5) is 10.2 Å². The Hall–Kier alpha value is -3.99. The van der Waals surface area contributed by atoms with Crippen LogP contribution in [0.1, 0.15) is 36.8 Å². The van der Waals surface area contributed by atoms with Crippen molar-refractivity contribution in [2.24, 2.45) is 0 Å². The highest BCUT2D eigenvalue weighted by Crippen LogP contribution is 2.42. The van der Waals surface area contributed by atoms with Crippen molar-refractivity contribution >= 4 is 17.7 Å². The Balaban J connectivity index is 1.48. The van der Waals surface area contributed by atoms with Gasteiger partial charge in [0.25, 0.3) is 5.91 Å². The number of nitriles is 1. The molecule has 0 saturated heterocycles. The van der Waals surface area contributed by atoms with Crippen LogP contribution in [0.15, 0.2) is 60.8 Å². The van der Waals surface area contributed by atoms with Gasteiger partial charge in [0.05, 0.1) is 17.3 Å². The Bertz CT molecular complexity index is 1180. The number of nitrogens with zero attached hydrogens (tertiary/aromatic N) is 3. The number of hydrogen-bond donors (Lipinski definition) is 1. The third-order valence-corrected chi connectivity index (χ3v) is 5.71. The number of anilines is 1. The first kappa shape index (κ1) is 21.2. The fraction of sp³-hybridized carbons (Fsp3) is 0.250. The smallest absolute Gasteiger partial charge is 0.317 e. The molecule has 1 amide bonds. The molecule has 2 aromatic carbocycles. The van der Waals surface area contributed by atoms with Gasteiger partial charge in [0, 0.05) is 0 Å². The lowest BCUT2D eigenvalue weighted by Crippen LogP contribution is -2.36. The van der Waals surface area contributed by atoms with Gasteiger partial charge in [-0.05, 0) is 42.7 Å². The van der Waals surface area contributed by atoms with Crippen molar-refractivity contribution < 1.29 is 18.7 Å². The molecule has 1 fully saturated rings. The summed E-state index contributed by atoms with van der Waals surface area (Å²) >= 11 is 0. The molecule has 0 bridgehead atoms. The monoisotopic (exact) mass is 432 g/mol. The molecule has 0 atom stereocenters. The molecule has 32 heavy (non-hydrogen) atoms. The molecule has 1 aliphatic carbocycles. The molecule has 0 radical (unpaired) electrons. The van der Waals surface area contributed by atoms with Gasteiger partial charge in [0.2, 0.25) is 0 Å². The molecule has 3 aromatic rings. The second-order valence-electron chi connectivity index (χ2n) is 7.69. The van der Waals surface area contributed by atoms with E-state index in [9.17, 15) is 19.2 Å². The van der Waals surface area contributed by atoms with Crippen LogP contribution in [0.25, 0.3) is 5.69 Å². The summed E-state index contributed by atoms with van der Waals surface area (Å²) in [5.41, 5.74) is 0.457. The minimum absolute atomic E-state index is 0.181. The fourth-order valence-electron chi connectivity index (χ4n) is 4.13. The molecule has 4 rings (SSSR count). The number of nitrogens with one attached hydrogen (secondary N) is 1. The van der Waals surface area contributed by atoms with E-state index >= 15 is 0 Å². The highest BCUT2D eigenvalue weighted by molar-refractivity contribution is 5.94. The summed E-state index contributed by atoms with van der Waals surface area (Å²) in [5, 5.41) is 16.1. The number of para-hydroxylation sites is 1. The molecular formula is C24H21FN4O3. The van der Waals surface area contributed by atoms with Gasteiger partial charge in [-0.25, -0.2) is 9.07 Å². The molecule has 1 N–H and O–H groups in total. The van der Waals surface area contributed by atoms with E-state index in [0.717, 1.165) is 12.8 Å². The maximum Gasteiger partial charge on any atom is 0.317 e. The first-order valence-corrected chi connectivity index (χ1v) is 10.3. The topological polar surface area (TPSA) is 97.0 Å². The normalized spacial score (nSPS) is 14.5. The Morgan fingerprint density at radius 3 is 2.59 bits per heavy atom. The van der Waals surface area contributed by atoms with E-state index < -0.39 is 29.7 Å². The quantitative estimate of drug-likeness (QED) is 0.597. The van der Waals surface area contributed by atoms with Gasteiger partial charge in [-0.1, -0.05) is 43.2 Å². The lowest BCUT2D eigenvalue weighted by Gasteiger charge is -2.27. The summed E-state index contributed by atoms with van der Waals surface area (Å²) in [5.74, 6) is -1.37.